The molecule has 0 radical (unpaired) electrons. The molecule has 5 aromatic rings. The molecule has 708 valence electrons. The van der Waals surface area contributed by atoms with E-state index in [1.54, 1.807) is 62.6 Å². The number of carbonyl (C=O) groups excluding carboxylic acids is 6. The summed E-state index contributed by atoms with van der Waals surface area (Å²) in [5.74, 6) is -7.90. The van der Waals surface area contributed by atoms with Crippen LogP contribution in [0.25, 0.3) is 33.3 Å². The van der Waals surface area contributed by atoms with Gasteiger partial charge in [0.1, 0.15) is 47.6 Å². The number of esters is 1. The molecule has 3 aliphatic heterocycles. The number of aliphatic hydroxyl groups is 2. The molecular formula is C93H143N11O23. The van der Waals surface area contributed by atoms with Crippen LogP contribution in [0.3, 0.4) is 0 Å². The van der Waals surface area contributed by atoms with Gasteiger partial charge in [0.15, 0.2) is 11.4 Å². The second-order valence-electron chi connectivity index (χ2n) is 34.5. The van der Waals surface area contributed by atoms with Gasteiger partial charge < -0.3 is 103 Å². The van der Waals surface area contributed by atoms with E-state index in [4.69, 9.17) is 77.1 Å². The van der Waals surface area contributed by atoms with Crippen molar-refractivity contribution in [2.75, 3.05) is 152 Å². The first-order chi connectivity index (χ1) is 61.4. The first kappa shape index (κ1) is 103. The highest BCUT2D eigenvalue weighted by Gasteiger charge is 2.53. The molecule has 0 spiro atoms. The lowest BCUT2D eigenvalue weighted by Gasteiger charge is -2.42. The van der Waals surface area contributed by atoms with Crippen molar-refractivity contribution < 1.29 is 110 Å². The number of piperidine rings is 1. The molecule has 16 atom stereocenters. The quantitative estimate of drug-likeness (QED) is 0.0120. The number of cyclic esters (lactones) is 1. The zero-order valence-electron chi connectivity index (χ0n) is 76.5. The van der Waals surface area contributed by atoms with Gasteiger partial charge in [-0.2, -0.15) is 5.10 Å². The van der Waals surface area contributed by atoms with Crippen molar-refractivity contribution in [3.63, 3.8) is 0 Å². The van der Waals surface area contributed by atoms with Crippen LogP contribution in [-0.2, 0) is 115 Å². The van der Waals surface area contributed by atoms with Crippen LogP contribution in [0, 0.1) is 41.4 Å². The fourth-order valence-electron chi connectivity index (χ4n) is 17.1. The van der Waals surface area contributed by atoms with E-state index in [1.165, 1.54) is 18.3 Å². The van der Waals surface area contributed by atoms with Gasteiger partial charge in [0, 0.05) is 102 Å². The molecule has 4 aliphatic rings. The van der Waals surface area contributed by atoms with E-state index in [0.717, 1.165) is 72.8 Å². The van der Waals surface area contributed by atoms with Crippen molar-refractivity contribution in [1.82, 2.24) is 49.9 Å². The summed E-state index contributed by atoms with van der Waals surface area (Å²) in [6, 6.07) is 5.85. The van der Waals surface area contributed by atoms with Crippen molar-refractivity contribution in [1.29, 1.82) is 0 Å². The van der Waals surface area contributed by atoms with Crippen LogP contribution in [0.5, 0.6) is 5.75 Å². The first-order valence-corrected chi connectivity index (χ1v) is 45.9. The van der Waals surface area contributed by atoms with Crippen molar-refractivity contribution >= 4 is 62.9 Å². The zero-order chi connectivity index (χ0) is 91.0. The van der Waals surface area contributed by atoms with Gasteiger partial charge in [-0.1, -0.05) is 77.1 Å². The van der Waals surface area contributed by atoms with Crippen LogP contribution in [0.15, 0.2) is 72.7 Å². The molecule has 3 fully saturated rings. The Morgan fingerprint density at radius 1 is 0.717 bits per heavy atom. The molecule has 2 saturated heterocycles. The van der Waals surface area contributed by atoms with E-state index in [9.17, 15) is 44.1 Å². The average Bonchev–Trinajstić information content (AvgIpc) is 1.76. The highest BCUT2D eigenvalue weighted by molar-refractivity contribution is 6.39. The summed E-state index contributed by atoms with van der Waals surface area (Å²) < 4.78 is 85.5. The molecule has 1 aromatic carbocycles. The number of aromatic amines is 1. The Hall–Kier alpha value is -7.91. The summed E-state index contributed by atoms with van der Waals surface area (Å²) in [6.45, 7) is 21.9. The summed E-state index contributed by atoms with van der Waals surface area (Å²) in [5, 5.41) is 51.7. The highest BCUT2D eigenvalue weighted by Crippen LogP contribution is 2.40. The van der Waals surface area contributed by atoms with Gasteiger partial charge in [-0.25, -0.2) is 24.1 Å². The number of benzene rings is 1. The Balaban J connectivity index is 0.583. The number of aromatic hydroxyl groups is 1. The number of carbonyl (C=O) groups is 6. The maximum atomic E-state index is 14.8. The molecule has 7 heterocycles. The summed E-state index contributed by atoms with van der Waals surface area (Å²) in [5.41, 5.74) is 10.9. The number of nitrogen functional groups attached to an aromatic ring is 1. The molecule has 2 amide bonds. The Bertz CT molecular complexity index is 4250. The Kier molecular flexibility index (Phi) is 44.3. The van der Waals surface area contributed by atoms with Gasteiger partial charge in [0.25, 0.3) is 11.7 Å². The van der Waals surface area contributed by atoms with Crippen LogP contribution in [0.4, 0.5) is 5.82 Å². The summed E-state index contributed by atoms with van der Waals surface area (Å²) in [7, 11) is 4.68. The number of ketones is 3. The number of aryl methyl sites for hydroxylation is 2. The van der Waals surface area contributed by atoms with Gasteiger partial charge in [0.05, 0.1) is 160 Å². The molecule has 1 aliphatic carbocycles. The number of ether oxygens (including phenoxy) is 14. The zero-order valence-corrected chi connectivity index (χ0v) is 76.5. The number of methoxy groups -OCH3 is 3. The molecule has 34 nitrogen and oxygen atoms in total. The molecule has 2 bridgehead atoms. The minimum Gasteiger partial charge on any atom is -0.508 e. The lowest BCUT2D eigenvalue weighted by Crippen LogP contribution is -2.61. The summed E-state index contributed by atoms with van der Waals surface area (Å²) in [6.07, 6.45) is 18.3. The van der Waals surface area contributed by atoms with Gasteiger partial charge in [-0.3, -0.25) is 24.0 Å². The van der Waals surface area contributed by atoms with Crippen molar-refractivity contribution in [2.45, 2.75) is 238 Å². The lowest BCUT2D eigenvalue weighted by atomic mass is 9.78. The summed E-state index contributed by atoms with van der Waals surface area (Å²) in [4.78, 5) is 98.0. The monoisotopic (exact) mass is 1780 g/mol. The predicted octanol–water partition coefficient (Wildman–Crippen LogP) is 9.59. The van der Waals surface area contributed by atoms with E-state index in [-0.39, 0.29) is 92.0 Å². The molecule has 34 heteroatoms. The number of Topliss-reactive ketones (excluding diaryl/α,β-unsaturated/α-hetero) is 3. The van der Waals surface area contributed by atoms with Crippen molar-refractivity contribution in [3.8, 4) is 17.1 Å². The number of unbranched alkanes of at least 4 members (excludes halogenated alkanes) is 2. The van der Waals surface area contributed by atoms with E-state index in [2.05, 4.69) is 30.6 Å². The molecule has 9 rings (SSSR count). The number of anilines is 1. The fraction of sp³-hybridized carbons (Fsp3) is 0.710. The third kappa shape index (κ3) is 32.6. The first-order valence-electron chi connectivity index (χ1n) is 45.9. The standard InChI is InChI=1S/C93H143N11O23/c1-62-20-12-11-13-21-63(2)79(114-8)58-73-27-24-68(7)93(113,127-73)88(110)91(111)103-32-17-14-23-76(103)92(112)126-80(59-77(106)64(3)53-67(6)86(109)87(116-10)85(108)66(5)52-62)65(4)54-69-25-29-78(81(55-69)115-9)125-35-19-15-22-71-60-102(101-99-71)34-37-118-39-41-120-43-45-122-47-49-124-51-50-123-48-46-121-44-42-119-40-38-117-36-30-82(107)95-31-16-18-33-104-90-83(89(94)96-61-97-90)84(100-104)75-57-70-56-72(105)26-28-74(70)98-75/h11-13,20-21,26,28,56-57,60-62,64-69,73,76,78-81,86-87,98,105,109,113H,14-19,22-25,27,29-55,58-59H2,1-10H3,(H,95,107)(H2,94,96,97)/b13-11+,20-12+,63-21+/t62-,64-,65-,66-,67?,68-,69+,73+,76+,78-,79+,80+,81-,86-,87+,93-/m1/s1. The number of fused-ring (bicyclic) bond motifs is 5. The molecule has 127 heavy (non-hydrogen) atoms. The maximum absolute atomic E-state index is 14.8. The number of nitrogens with zero attached hydrogens (tertiary/aromatic N) is 8. The van der Waals surface area contributed by atoms with Crippen LogP contribution in [0.1, 0.15) is 170 Å². The number of nitrogens with two attached hydrogens (primary N) is 1. The molecule has 4 aromatic heterocycles. The van der Waals surface area contributed by atoms with Crippen LogP contribution >= 0.6 is 0 Å². The van der Waals surface area contributed by atoms with Crippen molar-refractivity contribution in [3.05, 3.63) is 78.4 Å². The number of rotatable bonds is 45. The number of allylic oxidation sites excluding steroid dienone is 5. The molecule has 1 unspecified atom stereocenters. The lowest BCUT2D eigenvalue weighted by molar-refractivity contribution is -0.265. The van der Waals surface area contributed by atoms with Crippen LogP contribution in [0.2, 0.25) is 0 Å². The molecular weight excluding hydrogens is 1640 g/mol. The van der Waals surface area contributed by atoms with Crippen LogP contribution < -0.4 is 11.1 Å². The topological polar surface area (TPSA) is 424 Å². The van der Waals surface area contributed by atoms with Gasteiger partial charge in [-0.05, 0) is 163 Å². The van der Waals surface area contributed by atoms with E-state index >= 15 is 0 Å². The maximum Gasteiger partial charge on any atom is 0.329 e. The molecule has 1 saturated carbocycles. The average molecular weight is 1780 g/mol. The normalized spacial score (nSPS) is 26.8. The number of aliphatic hydroxyl groups excluding tert-OH is 1. The minimum absolute atomic E-state index is 0.00955. The van der Waals surface area contributed by atoms with Gasteiger partial charge >= 0.3 is 5.97 Å². The minimum atomic E-state index is -2.46. The van der Waals surface area contributed by atoms with E-state index < -0.39 is 83.7 Å². The number of hydrogen-bond acceptors (Lipinski definition) is 29. The number of amides is 2. The number of hydrogen-bond donors (Lipinski definition) is 6. The van der Waals surface area contributed by atoms with Crippen LogP contribution in [-0.4, -0.2) is 296 Å². The Morgan fingerprint density at radius 3 is 2.08 bits per heavy atom. The second kappa shape index (κ2) is 54.7. The Morgan fingerprint density at radius 2 is 1.40 bits per heavy atom. The molecule has 7 N–H and O–H groups in total. The number of phenols is 1. The number of nitrogens with one attached hydrogen (secondary N) is 2. The van der Waals surface area contributed by atoms with Crippen molar-refractivity contribution in [2.24, 2.45) is 41.4 Å². The Labute approximate surface area is 747 Å². The summed E-state index contributed by atoms with van der Waals surface area (Å²) >= 11 is 0. The van der Waals surface area contributed by atoms with E-state index in [1.807, 2.05) is 70.3 Å². The number of aromatic nitrogens is 8. The largest absolute Gasteiger partial charge is 0.508 e. The number of H-pyrrole nitrogens is 1. The third-order valence-corrected chi connectivity index (χ3v) is 24.7. The third-order valence-electron chi connectivity index (χ3n) is 24.7. The van der Waals surface area contributed by atoms with Gasteiger partial charge in [-0.15, -0.1) is 5.10 Å². The SMILES string of the molecule is CO[C@H]1C[C@@H]2CC[C@@H](C)[C@@](O)(O2)C(=O)C(=O)N2CCCC[C@H]2C(=O)O[C@H]([C@H](C)C[C@@H]2CC[C@@H](OCCCCc3cn(CCOCCOCCOCCOCCOCCOCCOCCOCCC(=O)NCCCCn4nc(-c5cc6cc(O)ccc6[nH]5)c5c(N)ncnc54)nn3)[C@H](OC)C2)CC(=O)[C@H](C)CC(C)[C@@H](O)[C@@H](OC)C(=O)[C@H](C)C[C@H](C)/C=C/C=C/C=C/1C. The predicted molar refractivity (Wildman–Crippen MR) is 474 cm³/mol. The highest BCUT2D eigenvalue weighted by atomic mass is 16.6. The van der Waals surface area contributed by atoms with Gasteiger partial charge in [0.2, 0.25) is 11.7 Å². The number of phenolic OH excluding ortho intramolecular Hbond substituents is 1. The fourth-order valence-corrected chi connectivity index (χ4v) is 17.1. The van der Waals surface area contributed by atoms with E-state index in [0.29, 0.717) is 199 Å². The second-order valence-corrected chi connectivity index (χ2v) is 34.5. The smallest absolute Gasteiger partial charge is 0.329 e.